The first-order valence-electron chi connectivity index (χ1n) is 40.6. The molecule has 16 rings (SSSR count). The number of anilines is 10. The zero-order valence-electron chi connectivity index (χ0n) is 71.9. The average molecular weight is 2050 g/mol. The van der Waals surface area contributed by atoms with Crippen molar-refractivity contribution >= 4 is 187 Å². The molecule has 0 atom stereocenters. The maximum Gasteiger partial charge on any atom is 0.335 e. The predicted octanol–water partition coefficient (Wildman–Crippen LogP) is 10.6. The molecule has 0 bridgehead atoms. The predicted molar refractivity (Wildman–Crippen MR) is 497 cm³/mol. The summed E-state index contributed by atoms with van der Waals surface area (Å²) < 4.78 is 234. The van der Waals surface area contributed by atoms with Gasteiger partial charge in [0.2, 0.25) is 23.8 Å². The number of ketones is 4. The highest BCUT2D eigenvalue weighted by Gasteiger charge is 2.40. The summed E-state index contributed by atoms with van der Waals surface area (Å²) in [5.74, 6) is -14.0. The first-order chi connectivity index (χ1) is 66.8. The van der Waals surface area contributed by atoms with Gasteiger partial charge in [-0.1, -0.05) is 85.6 Å². The number of rotatable bonds is 35. The van der Waals surface area contributed by atoms with Gasteiger partial charge in [-0.25, -0.2) is 19.2 Å². The number of fused-ring (bicyclic) bond motifs is 4. The third-order valence-corrected chi connectivity index (χ3v) is 27.4. The summed E-state index contributed by atoms with van der Waals surface area (Å²) >= 11 is 0. The van der Waals surface area contributed by atoms with Gasteiger partial charge in [0.15, 0.2) is 23.1 Å². The molecular weight excluding hydrogens is 1990 g/mol. The highest BCUT2D eigenvalue weighted by molar-refractivity contribution is 7.87. The van der Waals surface area contributed by atoms with Gasteiger partial charge < -0.3 is 70.9 Å². The van der Waals surface area contributed by atoms with Crippen LogP contribution in [-0.4, -0.2) is 197 Å². The SMILES string of the molecule is Cn1c(=O)c(C(=O)c2cccc(S(=O)(=O)O)c2)c2c3c(c(Nc4cc(Nc5nc(NCCCCCCNc6nc(Nc7cc(Nc8ccc9c%10c8C(=O)c8ccccc8-c%10c(C(=O)c8cccc(S(=O)(=O)O)c8)c(=O)n9C)c(S(=O)(=O)O)cc7S(=O)(=O)O)nc(Oc7cc(C(=O)O)cc(C(=O)O)c7)n6)nc(Oc6cc(C(=O)O)cc(C(=O)O)c6)n5)c(S(=O)(=O)O)cc4S(=O)(=O)O)ccc31)C(=O)c1ccccc1-2. The fourth-order valence-electron chi connectivity index (χ4n) is 15.9. The lowest BCUT2D eigenvalue weighted by molar-refractivity contribution is 0.0675. The average Bonchev–Trinajstić information content (AvgIpc) is 0.706. The molecule has 0 aliphatic heterocycles. The van der Waals surface area contributed by atoms with E-state index in [2.05, 4.69) is 61.8 Å². The van der Waals surface area contributed by atoms with Crippen LogP contribution in [0.5, 0.6) is 23.5 Å². The molecule has 2 aliphatic rings. The van der Waals surface area contributed by atoms with E-state index in [0.29, 0.717) is 12.1 Å². The van der Waals surface area contributed by atoms with Crippen LogP contribution in [0.15, 0.2) is 221 Å². The van der Waals surface area contributed by atoms with E-state index in [4.69, 9.17) is 9.47 Å². The number of carbonyl (C=O) groups excluding carboxylic acids is 4. The molecule has 0 saturated heterocycles. The molecule has 54 heteroatoms. The van der Waals surface area contributed by atoms with E-state index in [0.717, 1.165) is 94.1 Å². The summed E-state index contributed by atoms with van der Waals surface area (Å²) in [6, 6.07) is 29.4. The minimum atomic E-state index is -5.68. The van der Waals surface area contributed by atoms with E-state index in [1.807, 2.05) is 0 Å². The molecule has 0 amide bonds. The van der Waals surface area contributed by atoms with Crippen molar-refractivity contribution in [3.05, 3.63) is 269 Å². The standard InChI is InChI=1S/C88H64N14O34S6/c1-101-59-23-21-53(67-69(59)65(49-17-5-7-19-51(49)75(67)105)71(77(101)107)73(103)39-13-11-15-47(33-39)137(117,118)119)91-55-35-57(63(141(129,130)131)37-61(55)139(123,124)125)93-85-95-83(97-87(99-85)135-45-29-41(79(109)110)27-42(30-45)80(111)112)89-25-9-3-4-10-26-90-84-96-86(100-88(98-84)136-46-31-43(81(113)114)28-44(32-46)82(115)116)94-58-36-56(62(140(126,127)128)38-64(58)142(132,133)134)92-54-22-24-60-70-66(50-18-6-8-20-52(50)76(106)68(54)70)72(78(108)102(60)2)74(104)40-14-12-16-48(34-40)138(120,121)122/h5-8,11-24,27-38,91-92H,3-4,9-10,25-26H2,1-2H3,(H,109,110)(H,111,112)(H,113,114)(H,115,116)(H,117,118,119)(H,120,121,122)(H,123,124,125)(H,126,127,128)(H,129,130,131)(H,132,133,134)(H2,89,93,95,97,99)(H2,90,94,96,98,100). The highest BCUT2D eigenvalue weighted by Crippen LogP contribution is 2.49. The van der Waals surface area contributed by atoms with Gasteiger partial charge >= 0.3 is 35.9 Å². The third-order valence-electron chi connectivity index (χ3n) is 22.1. The van der Waals surface area contributed by atoms with Crippen molar-refractivity contribution in [2.75, 3.05) is 45.0 Å². The molecule has 0 fully saturated rings. The maximum absolute atomic E-state index is 15.0. The zero-order chi connectivity index (χ0) is 102. The van der Waals surface area contributed by atoms with Crippen molar-refractivity contribution in [1.29, 1.82) is 0 Å². The minimum Gasteiger partial charge on any atom is -0.478 e. The van der Waals surface area contributed by atoms with Crippen LogP contribution in [0.2, 0.25) is 0 Å². The second-order valence-electron chi connectivity index (χ2n) is 31.2. The van der Waals surface area contributed by atoms with Crippen LogP contribution >= 0.6 is 0 Å². The van der Waals surface area contributed by atoms with Gasteiger partial charge in [0.25, 0.3) is 71.8 Å². The largest absolute Gasteiger partial charge is 0.478 e. The Labute approximate surface area is 797 Å². The zero-order valence-corrected chi connectivity index (χ0v) is 76.8. The van der Waals surface area contributed by atoms with Crippen molar-refractivity contribution in [2.24, 2.45) is 14.1 Å². The van der Waals surface area contributed by atoms with Gasteiger partial charge in [0, 0.05) is 71.3 Å². The normalized spacial score (nSPS) is 12.4. The minimum absolute atomic E-state index is 0.0121. The topological polar surface area (TPSA) is 756 Å². The second-order valence-corrected chi connectivity index (χ2v) is 39.6. The fraction of sp³-hybridized carbons (Fsp3) is 0.0909. The van der Waals surface area contributed by atoms with E-state index in [-0.39, 0.29) is 129 Å². The van der Waals surface area contributed by atoms with Gasteiger partial charge in [-0.15, -0.1) is 0 Å². The first-order valence-corrected chi connectivity index (χ1v) is 49.3. The number of aryl methyl sites for hydroxylation is 2. The Bertz CT molecular complexity index is 8320. The summed E-state index contributed by atoms with van der Waals surface area (Å²) in [7, 11) is -30.1. The van der Waals surface area contributed by atoms with Crippen LogP contribution in [0.1, 0.15) is 131 Å². The number of hydrogen-bond donors (Lipinski definition) is 16. The van der Waals surface area contributed by atoms with Gasteiger partial charge in [-0.2, -0.15) is 80.4 Å². The van der Waals surface area contributed by atoms with Crippen molar-refractivity contribution in [3.63, 3.8) is 0 Å². The van der Waals surface area contributed by atoms with Crippen LogP contribution in [-0.2, 0) is 74.8 Å². The molecule has 0 radical (unpaired) electrons. The molecule has 10 aromatic carbocycles. The van der Waals surface area contributed by atoms with Crippen LogP contribution in [0, 0.1) is 0 Å². The smallest absolute Gasteiger partial charge is 0.335 e. The lowest BCUT2D eigenvalue weighted by atomic mass is 9.80. The summed E-state index contributed by atoms with van der Waals surface area (Å²) in [4.78, 5) is 156. The number of hydrogen-bond acceptors (Lipinski definition) is 36. The third kappa shape index (κ3) is 19.6. The van der Waals surface area contributed by atoms with E-state index in [1.54, 1.807) is 0 Å². The van der Waals surface area contributed by atoms with Crippen LogP contribution in [0.3, 0.4) is 0 Å². The molecule has 4 aromatic heterocycles. The number of carboxylic acid groups (broad SMARTS) is 4. The summed E-state index contributed by atoms with van der Waals surface area (Å²) in [6.07, 6.45) is 0.875. The molecule has 14 aromatic rings. The number of benzene rings is 10. The molecule has 0 saturated carbocycles. The number of aromatic nitrogens is 8. The fourth-order valence-corrected chi connectivity index (χ4v) is 19.7. The van der Waals surface area contributed by atoms with Crippen LogP contribution in [0.25, 0.3) is 44.1 Å². The number of nitrogens with one attached hydrogen (secondary N) is 6. The molecule has 2 aliphatic carbocycles. The lowest BCUT2D eigenvalue weighted by Gasteiger charge is -2.26. The Morgan fingerprint density at radius 3 is 0.951 bits per heavy atom. The number of carbonyl (C=O) groups is 8. The first kappa shape index (κ1) is 98.1. The Morgan fingerprint density at radius 2 is 0.634 bits per heavy atom. The van der Waals surface area contributed by atoms with Crippen LogP contribution in [0.4, 0.5) is 57.9 Å². The van der Waals surface area contributed by atoms with Gasteiger partial charge in [-0.05, 0) is 133 Å². The monoisotopic (exact) mass is 2050 g/mol. The number of aromatic carboxylic acids is 4. The van der Waals surface area contributed by atoms with Crippen molar-refractivity contribution in [3.8, 4) is 45.8 Å². The number of ether oxygens (including phenoxy) is 2. The summed E-state index contributed by atoms with van der Waals surface area (Å²) in [6.45, 7) is -0.224. The Balaban J connectivity index is 0.700. The van der Waals surface area contributed by atoms with Gasteiger partial charge in [0.05, 0.1) is 99.5 Å². The lowest BCUT2D eigenvalue weighted by Crippen LogP contribution is -2.29. The Hall–Kier alpha value is -16.9. The summed E-state index contributed by atoms with van der Waals surface area (Å²) in [5, 5.41) is 55.7. The second kappa shape index (κ2) is 37.1. The molecule has 726 valence electrons. The molecule has 0 unspecified atom stereocenters. The van der Waals surface area contributed by atoms with E-state index >= 15 is 9.59 Å². The van der Waals surface area contributed by atoms with Gasteiger partial charge in [0.1, 0.15) is 31.1 Å². The van der Waals surface area contributed by atoms with E-state index in [1.165, 1.54) is 86.9 Å². The van der Waals surface area contributed by atoms with Crippen LogP contribution < -0.4 is 52.5 Å². The number of carboxylic acids is 4. The summed E-state index contributed by atoms with van der Waals surface area (Å²) in [5.41, 5.74) is -12.0. The van der Waals surface area contributed by atoms with Crippen molar-refractivity contribution < 1.29 is 146 Å². The van der Waals surface area contributed by atoms with Crippen molar-refractivity contribution in [2.45, 2.75) is 55.1 Å². The van der Waals surface area contributed by atoms with E-state index in [9.17, 15) is 137 Å². The Morgan fingerprint density at radius 1 is 0.317 bits per heavy atom. The molecule has 16 N–H and O–H groups in total. The Kier molecular flexibility index (Phi) is 25.6. The number of unbranched alkanes of at least 4 members (excludes halogenated alkanes) is 3. The molecular formula is C88H64N14O34S6. The maximum atomic E-state index is 15.0. The van der Waals surface area contributed by atoms with Gasteiger partial charge in [-0.3, -0.25) is 56.1 Å². The molecule has 4 heterocycles. The number of nitrogens with zero attached hydrogens (tertiary/aromatic N) is 8. The highest BCUT2D eigenvalue weighted by atomic mass is 32.2. The molecule has 142 heavy (non-hydrogen) atoms. The quantitative estimate of drug-likeness (QED) is 0.00996. The number of pyridine rings is 2. The molecule has 48 nitrogen and oxygen atoms in total. The van der Waals surface area contributed by atoms with Crippen molar-refractivity contribution in [1.82, 2.24) is 39.0 Å². The van der Waals surface area contributed by atoms with E-state index < -0.39 is 263 Å². The molecule has 0 spiro atoms.